The van der Waals surface area contributed by atoms with Crippen molar-refractivity contribution in [2.24, 2.45) is 5.41 Å². The molecule has 1 spiro atoms. The number of benzene rings is 1. The zero-order chi connectivity index (χ0) is 10.5. The fourth-order valence-corrected chi connectivity index (χ4v) is 2.51. The van der Waals surface area contributed by atoms with E-state index in [0.29, 0.717) is 5.56 Å². The topological polar surface area (TPSA) is 49.3 Å². The maximum absolute atomic E-state index is 12.2. The normalized spacial score (nSPS) is 21.7. The lowest BCUT2D eigenvalue weighted by Crippen LogP contribution is -2.46. The highest BCUT2D eigenvalue weighted by Crippen LogP contribution is 2.47. The van der Waals surface area contributed by atoms with Crippen molar-refractivity contribution >= 4 is 11.5 Å². The predicted molar refractivity (Wildman–Crippen MR) is 57.2 cm³/mol. The zero-order valence-corrected chi connectivity index (χ0v) is 8.42. The van der Waals surface area contributed by atoms with Gasteiger partial charge in [0.25, 0.3) is 0 Å². The van der Waals surface area contributed by atoms with Gasteiger partial charge in [-0.3, -0.25) is 4.79 Å². The van der Waals surface area contributed by atoms with Gasteiger partial charge in [0.1, 0.15) is 5.75 Å². The third-order valence-electron chi connectivity index (χ3n) is 3.66. The average molecular weight is 203 g/mol. The van der Waals surface area contributed by atoms with Crippen LogP contribution in [0.25, 0.3) is 0 Å². The molecule has 2 aliphatic rings. The van der Waals surface area contributed by atoms with Crippen LogP contribution in [0.4, 0.5) is 5.69 Å². The number of nitrogens with one attached hydrogen (secondary N) is 1. The van der Waals surface area contributed by atoms with E-state index >= 15 is 0 Å². The van der Waals surface area contributed by atoms with Crippen molar-refractivity contribution in [3.63, 3.8) is 0 Å². The summed E-state index contributed by atoms with van der Waals surface area (Å²) in [6.45, 7) is 0.754. The van der Waals surface area contributed by atoms with Crippen LogP contribution < -0.4 is 5.32 Å². The minimum absolute atomic E-state index is 0.166. The summed E-state index contributed by atoms with van der Waals surface area (Å²) in [5.74, 6) is 0.374. The lowest BCUT2D eigenvalue weighted by atomic mass is 9.63. The number of anilines is 1. The van der Waals surface area contributed by atoms with Gasteiger partial charge in [-0.1, -0.05) is 6.42 Å². The van der Waals surface area contributed by atoms with E-state index in [2.05, 4.69) is 5.32 Å². The molecule has 1 saturated carbocycles. The summed E-state index contributed by atoms with van der Waals surface area (Å²) in [6.07, 6.45) is 3.10. The van der Waals surface area contributed by atoms with E-state index in [-0.39, 0.29) is 16.9 Å². The quantitative estimate of drug-likeness (QED) is 0.635. The van der Waals surface area contributed by atoms with Crippen LogP contribution in [0.2, 0.25) is 0 Å². The Labute approximate surface area is 88.1 Å². The highest BCUT2D eigenvalue weighted by atomic mass is 16.3. The molecule has 1 aromatic rings. The molecule has 0 atom stereocenters. The van der Waals surface area contributed by atoms with Crippen molar-refractivity contribution < 1.29 is 9.90 Å². The third kappa shape index (κ3) is 1.09. The van der Waals surface area contributed by atoms with Crippen LogP contribution in [0.1, 0.15) is 29.6 Å². The molecule has 0 aromatic heterocycles. The summed E-state index contributed by atoms with van der Waals surface area (Å²) >= 11 is 0. The molecular weight excluding hydrogens is 190 g/mol. The van der Waals surface area contributed by atoms with Gasteiger partial charge >= 0.3 is 0 Å². The Hall–Kier alpha value is -1.51. The molecular formula is C12H13NO2. The summed E-state index contributed by atoms with van der Waals surface area (Å²) in [7, 11) is 0. The molecule has 15 heavy (non-hydrogen) atoms. The summed E-state index contributed by atoms with van der Waals surface area (Å²) in [5, 5.41) is 12.7. The van der Waals surface area contributed by atoms with Crippen molar-refractivity contribution in [3.05, 3.63) is 23.8 Å². The Morgan fingerprint density at radius 3 is 2.80 bits per heavy atom. The number of fused-ring (bicyclic) bond motifs is 1. The molecule has 1 aliphatic carbocycles. The van der Waals surface area contributed by atoms with Gasteiger partial charge in [0, 0.05) is 17.8 Å². The van der Waals surface area contributed by atoms with E-state index in [1.165, 1.54) is 0 Å². The van der Waals surface area contributed by atoms with E-state index in [1.54, 1.807) is 18.2 Å². The number of hydrogen-bond donors (Lipinski definition) is 2. The lowest BCUT2D eigenvalue weighted by Gasteiger charge is -2.43. The molecule has 1 aliphatic heterocycles. The maximum Gasteiger partial charge on any atom is 0.172 e. The minimum Gasteiger partial charge on any atom is -0.508 e. The molecule has 0 amide bonds. The van der Waals surface area contributed by atoms with E-state index in [4.69, 9.17) is 0 Å². The number of hydrogen-bond acceptors (Lipinski definition) is 3. The lowest BCUT2D eigenvalue weighted by molar-refractivity contribution is 0.0635. The molecule has 3 heteroatoms. The number of phenolic OH excluding ortho intramolecular Hbond substituents is 1. The van der Waals surface area contributed by atoms with Crippen LogP contribution in [0, 0.1) is 5.41 Å². The predicted octanol–water partition coefficient (Wildman–Crippen LogP) is 2.17. The number of aromatic hydroxyl groups is 1. The van der Waals surface area contributed by atoms with Gasteiger partial charge in [0.15, 0.2) is 5.78 Å². The fourth-order valence-electron chi connectivity index (χ4n) is 2.51. The minimum atomic E-state index is -0.166. The van der Waals surface area contributed by atoms with Gasteiger partial charge in [-0.25, -0.2) is 0 Å². The molecule has 0 saturated heterocycles. The monoisotopic (exact) mass is 203 g/mol. The first kappa shape index (κ1) is 8.77. The van der Waals surface area contributed by atoms with Gasteiger partial charge in [-0.05, 0) is 31.0 Å². The SMILES string of the molecule is O=C1c2cc(O)ccc2NCC12CCC2. The summed E-state index contributed by atoms with van der Waals surface area (Å²) in [4.78, 5) is 12.2. The van der Waals surface area contributed by atoms with E-state index in [0.717, 1.165) is 31.5 Å². The molecule has 1 aromatic carbocycles. The van der Waals surface area contributed by atoms with Crippen LogP contribution in [0.5, 0.6) is 5.75 Å². The molecule has 3 nitrogen and oxygen atoms in total. The Kier molecular flexibility index (Phi) is 1.61. The summed E-state index contributed by atoms with van der Waals surface area (Å²) < 4.78 is 0. The second-order valence-corrected chi connectivity index (χ2v) is 4.55. The van der Waals surface area contributed by atoms with Gasteiger partial charge in [0.2, 0.25) is 0 Å². The molecule has 0 bridgehead atoms. The zero-order valence-electron chi connectivity index (χ0n) is 8.42. The fraction of sp³-hybridized carbons (Fsp3) is 0.417. The van der Waals surface area contributed by atoms with Crippen LogP contribution in [0.15, 0.2) is 18.2 Å². The molecule has 3 rings (SSSR count). The first-order chi connectivity index (χ1) is 7.21. The summed E-state index contributed by atoms with van der Waals surface area (Å²) in [6, 6.07) is 4.95. The molecule has 0 radical (unpaired) electrons. The van der Waals surface area contributed by atoms with Crippen molar-refractivity contribution in [2.75, 3.05) is 11.9 Å². The number of ketones is 1. The van der Waals surface area contributed by atoms with Crippen LogP contribution >= 0.6 is 0 Å². The third-order valence-corrected chi connectivity index (χ3v) is 3.66. The van der Waals surface area contributed by atoms with Gasteiger partial charge in [0.05, 0.1) is 5.41 Å². The average Bonchev–Trinajstić information content (AvgIpc) is 2.17. The Morgan fingerprint density at radius 1 is 1.33 bits per heavy atom. The van der Waals surface area contributed by atoms with Gasteiger partial charge in [-0.15, -0.1) is 0 Å². The van der Waals surface area contributed by atoms with Gasteiger partial charge in [-0.2, -0.15) is 0 Å². The standard InChI is InChI=1S/C12H13NO2/c14-8-2-3-10-9(6-8)11(15)12(7-13-10)4-1-5-12/h2-3,6,13-14H,1,4-5,7H2. The van der Waals surface area contributed by atoms with Crippen molar-refractivity contribution in [3.8, 4) is 5.75 Å². The number of phenols is 1. The second-order valence-electron chi connectivity index (χ2n) is 4.55. The number of Topliss-reactive ketones (excluding diaryl/α,β-unsaturated/α-hetero) is 1. The van der Waals surface area contributed by atoms with Crippen LogP contribution in [-0.2, 0) is 0 Å². The number of carbonyl (C=O) groups is 1. The second kappa shape index (κ2) is 2.75. The van der Waals surface area contributed by atoms with Crippen LogP contribution in [0.3, 0.4) is 0 Å². The Bertz CT molecular complexity index is 435. The first-order valence-corrected chi connectivity index (χ1v) is 5.33. The molecule has 1 fully saturated rings. The maximum atomic E-state index is 12.2. The van der Waals surface area contributed by atoms with Crippen molar-refractivity contribution in [1.82, 2.24) is 0 Å². The highest BCUT2D eigenvalue weighted by Gasteiger charge is 2.47. The molecule has 1 heterocycles. The molecule has 2 N–H and O–H groups in total. The van der Waals surface area contributed by atoms with E-state index < -0.39 is 0 Å². The van der Waals surface area contributed by atoms with Gasteiger partial charge < -0.3 is 10.4 Å². The number of rotatable bonds is 0. The molecule has 78 valence electrons. The Balaban J connectivity index is 2.08. The van der Waals surface area contributed by atoms with Crippen LogP contribution in [-0.4, -0.2) is 17.4 Å². The Morgan fingerprint density at radius 2 is 2.13 bits per heavy atom. The first-order valence-electron chi connectivity index (χ1n) is 5.33. The largest absolute Gasteiger partial charge is 0.508 e. The van der Waals surface area contributed by atoms with E-state index in [9.17, 15) is 9.90 Å². The van der Waals surface area contributed by atoms with E-state index in [1.807, 2.05) is 0 Å². The highest BCUT2D eigenvalue weighted by molar-refractivity contribution is 6.07. The summed E-state index contributed by atoms with van der Waals surface area (Å²) in [5.41, 5.74) is 1.34. The van der Waals surface area contributed by atoms with Crippen molar-refractivity contribution in [2.45, 2.75) is 19.3 Å². The van der Waals surface area contributed by atoms with Crippen molar-refractivity contribution in [1.29, 1.82) is 0 Å². The molecule has 0 unspecified atom stereocenters. The smallest absolute Gasteiger partial charge is 0.172 e. The number of carbonyl (C=O) groups excluding carboxylic acids is 1.